The molecule has 3 heterocycles. The highest BCUT2D eigenvalue weighted by Crippen LogP contribution is 2.18. The van der Waals surface area contributed by atoms with Gasteiger partial charge in [-0.3, -0.25) is 14.6 Å². The maximum atomic E-state index is 12.3. The number of amides is 2. The van der Waals surface area contributed by atoms with Gasteiger partial charge in [-0.25, -0.2) is 0 Å². The molecular weight excluding hydrogens is 344 g/mol. The van der Waals surface area contributed by atoms with Gasteiger partial charge in [-0.1, -0.05) is 13.8 Å². The molecule has 1 fully saturated rings. The Morgan fingerprint density at radius 2 is 2.00 bits per heavy atom. The number of anilines is 1. The molecule has 0 aromatic carbocycles. The molecule has 1 saturated heterocycles. The molecule has 0 radical (unpaired) electrons. The van der Waals surface area contributed by atoms with Crippen molar-refractivity contribution in [1.29, 1.82) is 0 Å². The van der Waals surface area contributed by atoms with E-state index in [0.717, 1.165) is 12.1 Å². The molecule has 7 heteroatoms. The van der Waals surface area contributed by atoms with E-state index in [2.05, 4.69) is 29.0 Å². The van der Waals surface area contributed by atoms with Gasteiger partial charge in [0.2, 0.25) is 0 Å². The first-order valence-corrected chi connectivity index (χ1v) is 9.35. The molecule has 0 spiro atoms. The van der Waals surface area contributed by atoms with Crippen molar-refractivity contribution in [3.63, 3.8) is 0 Å². The van der Waals surface area contributed by atoms with E-state index in [9.17, 15) is 9.59 Å². The lowest BCUT2D eigenvalue weighted by atomic mass is 10.1. The summed E-state index contributed by atoms with van der Waals surface area (Å²) >= 11 is 0. The first kappa shape index (κ1) is 18.9. The number of piperazine rings is 1. The molecular formula is C20H26N4O3. The number of pyridine rings is 1. The predicted molar refractivity (Wildman–Crippen MR) is 103 cm³/mol. The second-order valence-electron chi connectivity index (χ2n) is 7.13. The summed E-state index contributed by atoms with van der Waals surface area (Å²) in [5, 5.41) is 2.94. The fourth-order valence-electron chi connectivity index (χ4n) is 3.03. The minimum atomic E-state index is -0.100. The molecule has 0 unspecified atom stereocenters. The highest BCUT2D eigenvalue weighted by molar-refractivity contribution is 5.94. The molecule has 3 rings (SSSR count). The number of nitrogens with one attached hydrogen (secondary N) is 1. The van der Waals surface area contributed by atoms with E-state index in [1.807, 2.05) is 6.07 Å². The minimum Gasteiger partial charge on any atom is -0.459 e. The van der Waals surface area contributed by atoms with Crippen LogP contribution in [0.2, 0.25) is 0 Å². The van der Waals surface area contributed by atoms with Crippen LogP contribution in [0, 0.1) is 5.92 Å². The van der Waals surface area contributed by atoms with E-state index in [-0.39, 0.29) is 11.8 Å². The van der Waals surface area contributed by atoms with Gasteiger partial charge in [-0.2, -0.15) is 0 Å². The van der Waals surface area contributed by atoms with Crippen molar-refractivity contribution in [2.24, 2.45) is 5.92 Å². The van der Waals surface area contributed by atoms with Crippen molar-refractivity contribution >= 4 is 17.5 Å². The molecule has 7 nitrogen and oxygen atoms in total. The lowest BCUT2D eigenvalue weighted by Gasteiger charge is -2.35. The molecule has 0 aliphatic carbocycles. The third-order valence-corrected chi connectivity index (χ3v) is 4.66. The Morgan fingerprint density at radius 3 is 2.67 bits per heavy atom. The molecule has 144 valence electrons. The molecule has 0 atom stereocenters. The number of furan rings is 1. The third kappa shape index (κ3) is 4.87. The van der Waals surface area contributed by atoms with Crippen LogP contribution >= 0.6 is 0 Å². The topological polar surface area (TPSA) is 78.7 Å². The van der Waals surface area contributed by atoms with Crippen LogP contribution in [-0.2, 0) is 0 Å². The quantitative estimate of drug-likeness (QED) is 0.845. The van der Waals surface area contributed by atoms with Crippen molar-refractivity contribution in [3.8, 4) is 0 Å². The van der Waals surface area contributed by atoms with Gasteiger partial charge in [0, 0.05) is 38.9 Å². The van der Waals surface area contributed by atoms with Crippen LogP contribution in [0.3, 0.4) is 0 Å². The van der Waals surface area contributed by atoms with Crippen LogP contribution in [0.1, 0.15) is 41.2 Å². The number of carbonyl (C=O) groups is 2. The maximum Gasteiger partial charge on any atom is 0.289 e. The van der Waals surface area contributed by atoms with Gasteiger partial charge in [0.15, 0.2) is 5.76 Å². The zero-order chi connectivity index (χ0) is 19.2. The second-order valence-corrected chi connectivity index (χ2v) is 7.13. The summed E-state index contributed by atoms with van der Waals surface area (Å²) in [6.45, 7) is 7.50. The Morgan fingerprint density at radius 1 is 1.22 bits per heavy atom. The maximum absolute atomic E-state index is 12.3. The number of aromatic nitrogens is 1. The van der Waals surface area contributed by atoms with Crippen molar-refractivity contribution < 1.29 is 14.0 Å². The zero-order valence-corrected chi connectivity index (χ0v) is 15.9. The average molecular weight is 370 g/mol. The van der Waals surface area contributed by atoms with Crippen molar-refractivity contribution in [2.45, 2.75) is 20.3 Å². The van der Waals surface area contributed by atoms with Gasteiger partial charge < -0.3 is 19.5 Å². The molecule has 1 N–H and O–H groups in total. The number of nitrogens with zero attached hydrogens (tertiary/aromatic N) is 3. The van der Waals surface area contributed by atoms with Crippen LogP contribution in [0.4, 0.5) is 5.69 Å². The van der Waals surface area contributed by atoms with Crippen molar-refractivity contribution in [1.82, 2.24) is 15.2 Å². The number of hydrogen-bond donors (Lipinski definition) is 1. The van der Waals surface area contributed by atoms with Gasteiger partial charge in [-0.15, -0.1) is 0 Å². The monoisotopic (exact) mass is 370 g/mol. The van der Waals surface area contributed by atoms with E-state index < -0.39 is 0 Å². The molecule has 2 aromatic heterocycles. The summed E-state index contributed by atoms with van der Waals surface area (Å²) in [5.41, 5.74) is 1.46. The Bertz CT molecular complexity index is 765. The van der Waals surface area contributed by atoms with Gasteiger partial charge in [0.25, 0.3) is 11.8 Å². The summed E-state index contributed by atoms with van der Waals surface area (Å²) in [6, 6.07) is 5.26. The molecule has 1 aliphatic rings. The first-order valence-electron chi connectivity index (χ1n) is 9.35. The number of hydrogen-bond acceptors (Lipinski definition) is 5. The highest BCUT2D eigenvalue weighted by atomic mass is 16.3. The van der Waals surface area contributed by atoms with Crippen LogP contribution in [-0.4, -0.2) is 54.4 Å². The fourth-order valence-corrected chi connectivity index (χ4v) is 3.03. The van der Waals surface area contributed by atoms with E-state index >= 15 is 0 Å². The molecule has 0 saturated carbocycles. The van der Waals surface area contributed by atoms with E-state index in [4.69, 9.17) is 4.42 Å². The summed E-state index contributed by atoms with van der Waals surface area (Å²) in [6.07, 6.45) is 5.80. The second kappa shape index (κ2) is 8.70. The Kier molecular flexibility index (Phi) is 6.11. The van der Waals surface area contributed by atoms with Gasteiger partial charge in [-0.05, 0) is 30.5 Å². The highest BCUT2D eigenvalue weighted by Gasteiger charge is 2.24. The van der Waals surface area contributed by atoms with E-state index in [1.54, 1.807) is 29.4 Å². The third-order valence-electron chi connectivity index (χ3n) is 4.66. The zero-order valence-electron chi connectivity index (χ0n) is 15.9. The molecule has 2 aromatic rings. The Labute approximate surface area is 159 Å². The summed E-state index contributed by atoms with van der Waals surface area (Å²) < 4.78 is 5.19. The molecule has 2 amide bonds. The summed E-state index contributed by atoms with van der Waals surface area (Å²) in [4.78, 5) is 32.8. The van der Waals surface area contributed by atoms with Gasteiger partial charge >= 0.3 is 0 Å². The van der Waals surface area contributed by atoms with Crippen LogP contribution in [0.5, 0.6) is 0 Å². The van der Waals surface area contributed by atoms with Gasteiger partial charge in [0.05, 0.1) is 23.7 Å². The van der Waals surface area contributed by atoms with Crippen LogP contribution in [0.25, 0.3) is 0 Å². The fraction of sp³-hybridized carbons (Fsp3) is 0.450. The predicted octanol–water partition coefficient (Wildman–Crippen LogP) is 2.41. The SMILES string of the molecule is CC(C)CCNC(=O)c1cncc(N2CCN(C(=O)c3ccco3)CC2)c1. The molecule has 27 heavy (non-hydrogen) atoms. The standard InChI is InChI=1S/C20H26N4O3/c1-15(2)5-6-22-19(25)16-12-17(14-21-13-16)23-7-9-24(10-8-23)20(26)18-4-3-11-27-18/h3-4,11-15H,5-10H2,1-2H3,(H,22,25). The number of carbonyl (C=O) groups excluding carboxylic acids is 2. The number of rotatable bonds is 6. The molecule has 1 aliphatic heterocycles. The Hall–Kier alpha value is -2.83. The van der Waals surface area contributed by atoms with Crippen LogP contribution < -0.4 is 10.2 Å². The van der Waals surface area contributed by atoms with Gasteiger partial charge in [0.1, 0.15) is 0 Å². The normalized spacial score (nSPS) is 14.5. The van der Waals surface area contributed by atoms with Crippen molar-refractivity contribution in [3.05, 3.63) is 48.2 Å². The van der Waals surface area contributed by atoms with Crippen molar-refractivity contribution in [2.75, 3.05) is 37.6 Å². The van der Waals surface area contributed by atoms with Crippen LogP contribution in [0.15, 0.2) is 41.3 Å². The van der Waals surface area contributed by atoms with E-state index in [1.165, 1.54) is 6.26 Å². The van der Waals surface area contributed by atoms with E-state index in [0.29, 0.717) is 50.0 Å². The lowest BCUT2D eigenvalue weighted by Crippen LogP contribution is -2.48. The summed E-state index contributed by atoms with van der Waals surface area (Å²) in [7, 11) is 0. The lowest BCUT2D eigenvalue weighted by molar-refractivity contribution is 0.0714. The minimum absolute atomic E-state index is 0.0870. The Balaban J connectivity index is 1.56. The largest absolute Gasteiger partial charge is 0.459 e. The summed E-state index contributed by atoms with van der Waals surface area (Å²) in [5.74, 6) is 0.729. The average Bonchev–Trinajstić information content (AvgIpc) is 3.22. The smallest absolute Gasteiger partial charge is 0.289 e. The first-order chi connectivity index (χ1) is 13.0. The molecule has 0 bridgehead atoms.